The Bertz CT molecular complexity index is 370. The van der Waals surface area contributed by atoms with Gasteiger partial charge < -0.3 is 10.6 Å². The molecule has 5 heteroatoms. The summed E-state index contributed by atoms with van der Waals surface area (Å²) in [5.41, 5.74) is 5.53. The number of nitrogens with one attached hydrogen (secondary N) is 1. The molecule has 1 aromatic rings. The smallest absolute Gasteiger partial charge is 0.128 e. The van der Waals surface area contributed by atoms with E-state index in [9.17, 15) is 0 Å². The van der Waals surface area contributed by atoms with Crippen molar-refractivity contribution in [2.45, 2.75) is 13.0 Å². The molecule has 0 aliphatic carbocycles. The number of hydrogen-bond acceptors (Lipinski definition) is 4. The predicted octanol–water partition coefficient (Wildman–Crippen LogP) is 0.528. The van der Waals surface area contributed by atoms with Crippen molar-refractivity contribution in [1.82, 2.24) is 9.88 Å². The largest absolute Gasteiger partial charge is 0.386 e. The van der Waals surface area contributed by atoms with Gasteiger partial charge in [-0.3, -0.25) is 10.3 Å². The van der Waals surface area contributed by atoms with E-state index >= 15 is 0 Å². The van der Waals surface area contributed by atoms with Crippen LogP contribution in [0.25, 0.3) is 0 Å². The molecule has 92 valence electrons. The van der Waals surface area contributed by atoms with Crippen molar-refractivity contribution >= 4 is 11.7 Å². The summed E-state index contributed by atoms with van der Waals surface area (Å²) in [7, 11) is 0. The predicted molar refractivity (Wildman–Crippen MR) is 69.4 cm³/mol. The molecule has 1 aliphatic heterocycles. The van der Waals surface area contributed by atoms with E-state index in [4.69, 9.17) is 11.1 Å². The van der Waals surface area contributed by atoms with E-state index in [2.05, 4.69) is 14.8 Å². The zero-order valence-electron chi connectivity index (χ0n) is 10.1. The van der Waals surface area contributed by atoms with E-state index in [0.717, 1.165) is 32.0 Å². The van der Waals surface area contributed by atoms with Crippen molar-refractivity contribution in [3.63, 3.8) is 0 Å². The van der Waals surface area contributed by atoms with Gasteiger partial charge in [0.25, 0.3) is 0 Å². The Morgan fingerprint density at radius 3 is 2.59 bits per heavy atom. The zero-order valence-corrected chi connectivity index (χ0v) is 10.1. The summed E-state index contributed by atoms with van der Waals surface area (Å²) < 4.78 is 0. The highest BCUT2D eigenvalue weighted by atomic mass is 15.3. The monoisotopic (exact) mass is 233 g/mol. The molecule has 17 heavy (non-hydrogen) atoms. The molecule has 1 fully saturated rings. The van der Waals surface area contributed by atoms with Gasteiger partial charge in [-0.1, -0.05) is 6.07 Å². The van der Waals surface area contributed by atoms with Crippen LogP contribution in [-0.4, -0.2) is 47.9 Å². The van der Waals surface area contributed by atoms with Crippen molar-refractivity contribution < 1.29 is 0 Å². The van der Waals surface area contributed by atoms with Gasteiger partial charge in [0.15, 0.2) is 0 Å². The van der Waals surface area contributed by atoms with Crippen molar-refractivity contribution in [3.8, 4) is 0 Å². The Labute approximate surface area is 102 Å². The van der Waals surface area contributed by atoms with Gasteiger partial charge in [-0.15, -0.1) is 0 Å². The maximum atomic E-state index is 7.46. The van der Waals surface area contributed by atoms with Gasteiger partial charge in [-0.05, 0) is 19.1 Å². The van der Waals surface area contributed by atoms with Crippen molar-refractivity contribution in [2.75, 3.05) is 31.1 Å². The van der Waals surface area contributed by atoms with Gasteiger partial charge in [-0.2, -0.15) is 0 Å². The summed E-state index contributed by atoms with van der Waals surface area (Å²) in [5.74, 6) is 1.28. The second kappa shape index (κ2) is 5.14. The molecule has 1 aromatic heterocycles. The zero-order chi connectivity index (χ0) is 12.3. The summed E-state index contributed by atoms with van der Waals surface area (Å²) in [6, 6.07) is 6.01. The number of nitrogens with zero attached hydrogens (tertiary/aromatic N) is 3. The van der Waals surface area contributed by atoms with Crippen LogP contribution >= 0.6 is 0 Å². The van der Waals surface area contributed by atoms with Gasteiger partial charge in [-0.25, -0.2) is 4.98 Å². The Balaban J connectivity index is 1.93. The van der Waals surface area contributed by atoms with Gasteiger partial charge in [0.1, 0.15) is 11.7 Å². The van der Waals surface area contributed by atoms with Crippen LogP contribution in [0, 0.1) is 5.41 Å². The SMILES string of the molecule is CC(C(=N)N)N1CCN(c2ccccn2)CC1. The molecule has 3 N–H and O–H groups in total. The molecule has 0 bridgehead atoms. The third-order valence-electron chi connectivity index (χ3n) is 3.29. The van der Waals surface area contributed by atoms with Gasteiger partial charge in [0, 0.05) is 32.4 Å². The summed E-state index contributed by atoms with van der Waals surface area (Å²) in [4.78, 5) is 8.85. The van der Waals surface area contributed by atoms with Gasteiger partial charge >= 0.3 is 0 Å². The van der Waals surface area contributed by atoms with E-state index in [1.165, 1.54) is 0 Å². The molecule has 0 saturated carbocycles. The third-order valence-corrected chi connectivity index (χ3v) is 3.29. The standard InChI is InChI=1S/C12H19N5/c1-10(12(13)14)16-6-8-17(9-7-16)11-4-2-3-5-15-11/h2-5,10H,6-9H2,1H3,(H3,13,14). The molecule has 0 aromatic carbocycles. The van der Waals surface area contributed by atoms with Crippen LogP contribution in [-0.2, 0) is 0 Å². The maximum Gasteiger partial charge on any atom is 0.128 e. The molecular formula is C12H19N5. The van der Waals surface area contributed by atoms with Gasteiger partial charge in [0.2, 0.25) is 0 Å². The minimum absolute atomic E-state index is 0.0425. The molecule has 5 nitrogen and oxygen atoms in total. The summed E-state index contributed by atoms with van der Waals surface area (Å²) in [6.07, 6.45) is 1.82. The minimum atomic E-state index is 0.0425. The number of aromatic nitrogens is 1. The first-order chi connectivity index (χ1) is 8.18. The summed E-state index contributed by atoms with van der Waals surface area (Å²) in [6.45, 7) is 5.72. The molecule has 1 unspecified atom stereocenters. The number of anilines is 1. The average Bonchev–Trinajstić information content (AvgIpc) is 2.39. The topological polar surface area (TPSA) is 69.2 Å². The summed E-state index contributed by atoms with van der Waals surface area (Å²) >= 11 is 0. The molecule has 0 spiro atoms. The first kappa shape index (κ1) is 11.9. The lowest BCUT2D eigenvalue weighted by Gasteiger charge is -2.38. The van der Waals surface area contributed by atoms with E-state index in [0.29, 0.717) is 0 Å². The number of piperazine rings is 1. The lowest BCUT2D eigenvalue weighted by molar-refractivity contribution is 0.236. The lowest BCUT2D eigenvalue weighted by Crippen LogP contribution is -2.53. The normalized spacial score (nSPS) is 19.0. The number of hydrogen-bond donors (Lipinski definition) is 2. The molecule has 0 radical (unpaired) electrons. The molecule has 1 aliphatic rings. The third kappa shape index (κ3) is 2.74. The number of amidine groups is 1. The van der Waals surface area contributed by atoms with Crippen LogP contribution in [0.5, 0.6) is 0 Å². The lowest BCUT2D eigenvalue weighted by atomic mass is 10.2. The fourth-order valence-electron chi connectivity index (χ4n) is 2.08. The number of nitrogens with two attached hydrogens (primary N) is 1. The van der Waals surface area contributed by atoms with Crippen molar-refractivity contribution in [1.29, 1.82) is 5.41 Å². The molecule has 0 amide bonds. The van der Waals surface area contributed by atoms with Crippen LogP contribution in [0.4, 0.5) is 5.82 Å². The number of pyridine rings is 1. The fraction of sp³-hybridized carbons (Fsp3) is 0.500. The van der Waals surface area contributed by atoms with E-state index in [1.54, 1.807) is 0 Å². The van der Waals surface area contributed by atoms with E-state index < -0.39 is 0 Å². The quantitative estimate of drug-likeness (QED) is 0.590. The van der Waals surface area contributed by atoms with Gasteiger partial charge in [0.05, 0.1) is 6.04 Å². The van der Waals surface area contributed by atoms with Crippen LogP contribution in [0.2, 0.25) is 0 Å². The Morgan fingerprint density at radius 1 is 1.35 bits per heavy atom. The molecule has 1 atom stereocenters. The highest BCUT2D eigenvalue weighted by Gasteiger charge is 2.22. The highest BCUT2D eigenvalue weighted by molar-refractivity contribution is 5.82. The second-order valence-corrected chi connectivity index (χ2v) is 4.34. The highest BCUT2D eigenvalue weighted by Crippen LogP contribution is 2.13. The average molecular weight is 233 g/mol. The summed E-state index contributed by atoms with van der Waals surface area (Å²) in [5, 5.41) is 7.46. The van der Waals surface area contributed by atoms with Crippen LogP contribution in [0.15, 0.2) is 24.4 Å². The first-order valence-electron chi connectivity index (χ1n) is 5.92. The molecular weight excluding hydrogens is 214 g/mol. The maximum absolute atomic E-state index is 7.46. The second-order valence-electron chi connectivity index (χ2n) is 4.34. The molecule has 2 rings (SSSR count). The van der Waals surface area contributed by atoms with Crippen LogP contribution in [0.1, 0.15) is 6.92 Å². The Kier molecular flexibility index (Phi) is 3.58. The Morgan fingerprint density at radius 2 is 2.06 bits per heavy atom. The fourth-order valence-corrected chi connectivity index (χ4v) is 2.08. The number of rotatable bonds is 3. The van der Waals surface area contributed by atoms with Crippen molar-refractivity contribution in [3.05, 3.63) is 24.4 Å². The molecule has 2 heterocycles. The first-order valence-corrected chi connectivity index (χ1v) is 5.92. The van der Waals surface area contributed by atoms with Crippen LogP contribution in [0.3, 0.4) is 0 Å². The van der Waals surface area contributed by atoms with Crippen LogP contribution < -0.4 is 10.6 Å². The van der Waals surface area contributed by atoms with Crippen molar-refractivity contribution in [2.24, 2.45) is 5.73 Å². The molecule has 1 saturated heterocycles. The minimum Gasteiger partial charge on any atom is -0.386 e. The van der Waals surface area contributed by atoms with E-state index in [-0.39, 0.29) is 11.9 Å². The Hall–Kier alpha value is -1.62. The van der Waals surface area contributed by atoms with E-state index in [1.807, 2.05) is 31.3 Å².